The number of halogens is 1. The topological polar surface area (TPSA) is 49.3 Å². The van der Waals surface area contributed by atoms with E-state index in [0.29, 0.717) is 5.56 Å². The Kier molecular flexibility index (Phi) is 6.30. The summed E-state index contributed by atoms with van der Waals surface area (Å²) in [5.74, 6) is 5.28. The van der Waals surface area contributed by atoms with E-state index >= 15 is 0 Å². The predicted octanol–water partition coefficient (Wildman–Crippen LogP) is 2.81. The van der Waals surface area contributed by atoms with Gasteiger partial charge >= 0.3 is 0 Å². The maximum Gasteiger partial charge on any atom is 0.257 e. The number of alkyl halides is 1. The van der Waals surface area contributed by atoms with Crippen molar-refractivity contribution in [2.75, 3.05) is 12.4 Å². The van der Waals surface area contributed by atoms with Crippen molar-refractivity contribution >= 4 is 17.5 Å². The Hall–Kier alpha value is -1.50. The molecule has 2 rings (SSSR count). The van der Waals surface area contributed by atoms with E-state index < -0.39 is 5.60 Å². The molecule has 0 saturated heterocycles. The second kappa shape index (κ2) is 8.22. The molecule has 0 heterocycles. The Labute approximate surface area is 137 Å². The molecule has 0 radical (unpaired) electrons. The Morgan fingerprint density at radius 3 is 2.55 bits per heavy atom. The van der Waals surface area contributed by atoms with E-state index in [-0.39, 0.29) is 24.2 Å². The fourth-order valence-corrected chi connectivity index (χ4v) is 3.23. The fraction of sp³-hybridized carbons (Fsp3) is 0.500. The minimum atomic E-state index is -1.48. The van der Waals surface area contributed by atoms with Crippen LogP contribution >= 0.6 is 11.6 Å². The zero-order valence-electron chi connectivity index (χ0n) is 12.6. The number of amides is 1. The molecule has 0 bridgehead atoms. The van der Waals surface area contributed by atoms with E-state index in [1.165, 1.54) is 6.42 Å². The van der Waals surface area contributed by atoms with Crippen molar-refractivity contribution in [2.24, 2.45) is 5.92 Å². The lowest BCUT2D eigenvalue weighted by molar-refractivity contribution is -0.149. The Balaban J connectivity index is 2.22. The molecule has 1 unspecified atom stereocenters. The van der Waals surface area contributed by atoms with E-state index in [9.17, 15) is 9.90 Å². The third kappa shape index (κ3) is 3.82. The lowest BCUT2D eigenvalue weighted by Crippen LogP contribution is -2.50. The van der Waals surface area contributed by atoms with Crippen LogP contribution in [0.4, 0.5) is 0 Å². The van der Waals surface area contributed by atoms with Gasteiger partial charge in [-0.15, -0.1) is 11.6 Å². The van der Waals surface area contributed by atoms with Crippen LogP contribution < -0.4 is 5.32 Å². The van der Waals surface area contributed by atoms with Gasteiger partial charge in [0.25, 0.3) is 5.91 Å². The molecule has 3 nitrogen and oxygen atoms in total. The molecule has 0 spiro atoms. The zero-order valence-corrected chi connectivity index (χ0v) is 13.4. The summed E-state index contributed by atoms with van der Waals surface area (Å²) in [5, 5.41) is 14.0. The van der Waals surface area contributed by atoms with Crippen LogP contribution in [0, 0.1) is 17.8 Å². The Morgan fingerprint density at radius 2 is 1.91 bits per heavy atom. The van der Waals surface area contributed by atoms with Gasteiger partial charge < -0.3 is 10.4 Å². The molecule has 1 aliphatic rings. The number of hydrogen-bond acceptors (Lipinski definition) is 2. The first-order valence-electron chi connectivity index (χ1n) is 7.77. The number of carbonyl (C=O) groups excluding carboxylic acids is 1. The van der Waals surface area contributed by atoms with Gasteiger partial charge in [0.2, 0.25) is 0 Å². The summed E-state index contributed by atoms with van der Waals surface area (Å²) in [4.78, 5) is 12.7. The van der Waals surface area contributed by atoms with Crippen LogP contribution in [0.3, 0.4) is 0 Å². The molecule has 0 aromatic heterocycles. The normalized spacial score (nSPS) is 17.9. The largest absolute Gasteiger partial charge is 0.375 e. The van der Waals surface area contributed by atoms with Gasteiger partial charge in [-0.05, 0) is 18.4 Å². The fourth-order valence-electron chi connectivity index (χ4n) is 3.13. The van der Waals surface area contributed by atoms with Crippen molar-refractivity contribution in [3.63, 3.8) is 0 Å². The summed E-state index contributed by atoms with van der Waals surface area (Å²) in [7, 11) is 0. The summed E-state index contributed by atoms with van der Waals surface area (Å²) in [6, 6.07) is 9.22. The Bertz CT molecular complexity index is 543. The molecule has 2 N–H and O–H groups in total. The molecular weight excluding hydrogens is 298 g/mol. The minimum absolute atomic E-state index is 0.0513. The van der Waals surface area contributed by atoms with Crippen molar-refractivity contribution in [1.29, 1.82) is 0 Å². The van der Waals surface area contributed by atoms with E-state index in [1.807, 2.05) is 30.3 Å². The summed E-state index contributed by atoms with van der Waals surface area (Å²) < 4.78 is 0. The monoisotopic (exact) mass is 319 g/mol. The highest BCUT2D eigenvalue weighted by Crippen LogP contribution is 2.39. The molecular formula is C18H22ClNO2. The van der Waals surface area contributed by atoms with Gasteiger partial charge in [-0.1, -0.05) is 61.4 Å². The molecule has 1 atom stereocenters. The minimum Gasteiger partial charge on any atom is -0.375 e. The summed E-state index contributed by atoms with van der Waals surface area (Å²) in [6.45, 7) is 0.202. The first kappa shape index (κ1) is 16.9. The summed E-state index contributed by atoms with van der Waals surface area (Å²) in [6.07, 6.45) is 5.01. The number of aliphatic hydroxyl groups is 1. The molecule has 1 saturated carbocycles. The van der Waals surface area contributed by atoms with E-state index in [0.717, 1.165) is 25.7 Å². The predicted molar refractivity (Wildman–Crippen MR) is 88.4 cm³/mol. The zero-order chi connectivity index (χ0) is 15.8. The standard InChI is InChI=1S/C18H22ClNO2/c19-13-7-8-14-20-17(21)18(22,15-9-3-1-4-10-15)16-11-5-2-6-12-16/h1,3-4,9-10,16,22H,2,5-6,11-14H2,(H,20,21). The molecule has 0 aliphatic heterocycles. The van der Waals surface area contributed by atoms with Gasteiger partial charge in [0.05, 0.1) is 12.4 Å². The lowest BCUT2D eigenvalue weighted by Gasteiger charge is -2.37. The van der Waals surface area contributed by atoms with E-state index in [1.54, 1.807) is 0 Å². The maximum absolute atomic E-state index is 12.7. The smallest absolute Gasteiger partial charge is 0.257 e. The highest BCUT2D eigenvalue weighted by atomic mass is 35.5. The quantitative estimate of drug-likeness (QED) is 0.662. The number of hydrogen-bond donors (Lipinski definition) is 2. The number of rotatable bonds is 4. The van der Waals surface area contributed by atoms with Crippen LogP contribution in [0.1, 0.15) is 37.7 Å². The Morgan fingerprint density at radius 1 is 1.23 bits per heavy atom. The van der Waals surface area contributed by atoms with Crippen molar-refractivity contribution in [3.8, 4) is 11.8 Å². The molecule has 4 heteroatoms. The van der Waals surface area contributed by atoms with Crippen LogP contribution in [0.25, 0.3) is 0 Å². The number of carbonyl (C=O) groups is 1. The third-order valence-electron chi connectivity index (χ3n) is 4.29. The summed E-state index contributed by atoms with van der Waals surface area (Å²) >= 11 is 5.49. The summed E-state index contributed by atoms with van der Waals surface area (Å²) in [5.41, 5.74) is -0.825. The molecule has 1 amide bonds. The van der Waals surface area contributed by atoms with Crippen molar-refractivity contribution < 1.29 is 9.90 Å². The SMILES string of the molecule is O=C(NCC#CCCl)C(O)(c1ccccc1)C1CCCCC1. The molecule has 22 heavy (non-hydrogen) atoms. The maximum atomic E-state index is 12.7. The second-order valence-corrected chi connectivity index (χ2v) is 5.90. The average molecular weight is 320 g/mol. The third-order valence-corrected chi connectivity index (χ3v) is 4.42. The van der Waals surface area contributed by atoms with Gasteiger partial charge in [0, 0.05) is 5.92 Å². The number of benzene rings is 1. The van der Waals surface area contributed by atoms with Gasteiger partial charge in [-0.25, -0.2) is 0 Å². The van der Waals surface area contributed by atoms with E-state index in [4.69, 9.17) is 11.6 Å². The van der Waals surface area contributed by atoms with E-state index in [2.05, 4.69) is 17.2 Å². The van der Waals surface area contributed by atoms with Crippen LogP contribution in [-0.4, -0.2) is 23.4 Å². The second-order valence-electron chi connectivity index (χ2n) is 5.64. The van der Waals surface area contributed by atoms with Crippen molar-refractivity contribution in [3.05, 3.63) is 35.9 Å². The van der Waals surface area contributed by atoms with Crippen LogP contribution in [-0.2, 0) is 10.4 Å². The van der Waals surface area contributed by atoms with Crippen LogP contribution in [0.2, 0.25) is 0 Å². The lowest BCUT2D eigenvalue weighted by atomic mass is 9.73. The molecule has 1 aromatic rings. The van der Waals surface area contributed by atoms with Crippen molar-refractivity contribution in [1.82, 2.24) is 5.32 Å². The molecule has 1 aliphatic carbocycles. The van der Waals surface area contributed by atoms with Crippen LogP contribution in [0.5, 0.6) is 0 Å². The van der Waals surface area contributed by atoms with Crippen molar-refractivity contribution in [2.45, 2.75) is 37.7 Å². The highest BCUT2D eigenvalue weighted by molar-refractivity contribution is 6.19. The van der Waals surface area contributed by atoms with Gasteiger partial charge in [-0.2, -0.15) is 0 Å². The molecule has 1 aromatic carbocycles. The number of nitrogens with one attached hydrogen (secondary N) is 1. The van der Waals surface area contributed by atoms with Gasteiger partial charge in [-0.3, -0.25) is 4.79 Å². The molecule has 118 valence electrons. The first-order chi connectivity index (χ1) is 10.7. The first-order valence-corrected chi connectivity index (χ1v) is 8.31. The highest BCUT2D eigenvalue weighted by Gasteiger charge is 2.45. The van der Waals surface area contributed by atoms with Gasteiger partial charge in [0.15, 0.2) is 5.60 Å². The van der Waals surface area contributed by atoms with Gasteiger partial charge in [0.1, 0.15) is 0 Å². The van der Waals surface area contributed by atoms with Crippen LogP contribution in [0.15, 0.2) is 30.3 Å². The average Bonchev–Trinajstić information content (AvgIpc) is 2.59. The molecule has 1 fully saturated rings.